The molecule has 0 radical (unpaired) electrons. The Morgan fingerprint density at radius 2 is 1.90 bits per heavy atom. The van der Waals surface area contributed by atoms with Crippen LogP contribution in [0.25, 0.3) is 0 Å². The largest absolute Gasteiger partial charge is 0.497 e. The lowest BCUT2D eigenvalue weighted by Crippen LogP contribution is -3.11. The second-order valence-electron chi connectivity index (χ2n) is 7.32. The van der Waals surface area contributed by atoms with Gasteiger partial charge in [-0.05, 0) is 42.8 Å². The van der Waals surface area contributed by atoms with Crippen LogP contribution in [0.2, 0.25) is 0 Å². The monoisotopic (exact) mass is 414 g/mol. The van der Waals surface area contributed by atoms with Crippen LogP contribution in [0.5, 0.6) is 5.75 Å². The molecule has 1 heterocycles. The van der Waals surface area contributed by atoms with E-state index in [0.717, 1.165) is 27.7 Å². The Morgan fingerprint density at radius 1 is 1.17 bits per heavy atom. The first-order chi connectivity index (χ1) is 14.0. The predicted octanol–water partition coefficient (Wildman–Crippen LogP) is 2.07. The van der Waals surface area contributed by atoms with Crippen molar-refractivity contribution in [1.82, 2.24) is 0 Å². The molecular weight excluding hydrogens is 386 g/mol. The number of fused-ring (bicyclic) bond motifs is 1. The first kappa shape index (κ1) is 21.2. The molecule has 2 amide bonds. The lowest BCUT2D eigenvalue weighted by Gasteiger charge is -2.24. The minimum Gasteiger partial charge on any atom is -0.497 e. The maximum atomic E-state index is 13.0. The van der Waals surface area contributed by atoms with E-state index in [1.165, 1.54) is 0 Å². The van der Waals surface area contributed by atoms with Gasteiger partial charge in [0.15, 0.2) is 13.1 Å². The number of nitrogens with zero attached hydrogens (tertiary/aromatic N) is 1. The number of para-hydroxylation sites is 1. The Morgan fingerprint density at radius 3 is 2.62 bits per heavy atom. The summed E-state index contributed by atoms with van der Waals surface area (Å²) in [6.45, 7) is 3.38. The van der Waals surface area contributed by atoms with Gasteiger partial charge in [-0.25, -0.2) is 0 Å². The average molecular weight is 415 g/mol. The highest BCUT2D eigenvalue weighted by molar-refractivity contribution is 8.00. The van der Waals surface area contributed by atoms with Crippen molar-refractivity contribution in [3.05, 3.63) is 48.5 Å². The Hall–Kier alpha value is -2.51. The van der Waals surface area contributed by atoms with Crippen molar-refractivity contribution in [2.45, 2.75) is 23.5 Å². The second-order valence-corrected chi connectivity index (χ2v) is 8.80. The summed E-state index contributed by atoms with van der Waals surface area (Å²) in [4.78, 5) is 29.2. The average Bonchev–Trinajstić information content (AvgIpc) is 2.86. The quantitative estimate of drug-likeness (QED) is 0.760. The van der Waals surface area contributed by atoms with Gasteiger partial charge in [0.25, 0.3) is 11.8 Å². The molecule has 7 heteroatoms. The molecule has 0 bridgehead atoms. The lowest BCUT2D eigenvalue weighted by molar-refractivity contribution is -0.862. The third kappa shape index (κ3) is 5.74. The van der Waals surface area contributed by atoms with E-state index >= 15 is 0 Å². The van der Waals surface area contributed by atoms with Gasteiger partial charge < -0.3 is 19.9 Å². The molecule has 2 N–H and O–H groups in total. The molecule has 0 aliphatic carbocycles. The molecule has 2 aromatic carbocycles. The maximum Gasteiger partial charge on any atom is 0.282 e. The number of nitrogens with one attached hydrogen (secondary N) is 2. The van der Waals surface area contributed by atoms with Gasteiger partial charge in [0.05, 0.1) is 19.8 Å². The van der Waals surface area contributed by atoms with Crippen LogP contribution in [0.4, 0.5) is 11.4 Å². The number of ether oxygens (including phenoxy) is 1. The van der Waals surface area contributed by atoms with E-state index in [1.807, 2.05) is 41.9 Å². The third-order valence-electron chi connectivity index (χ3n) is 4.83. The van der Waals surface area contributed by atoms with E-state index in [1.54, 1.807) is 31.4 Å². The van der Waals surface area contributed by atoms with E-state index in [-0.39, 0.29) is 24.9 Å². The van der Waals surface area contributed by atoms with Crippen LogP contribution in [0.1, 0.15) is 13.3 Å². The zero-order chi connectivity index (χ0) is 20.8. The van der Waals surface area contributed by atoms with Crippen LogP contribution in [0.3, 0.4) is 0 Å². The Bertz CT molecular complexity index is 857. The maximum absolute atomic E-state index is 13.0. The molecule has 2 aromatic rings. The fourth-order valence-electron chi connectivity index (χ4n) is 3.32. The molecule has 154 valence electrons. The van der Waals surface area contributed by atoms with Crippen molar-refractivity contribution < 1.29 is 19.2 Å². The highest BCUT2D eigenvalue weighted by atomic mass is 32.2. The summed E-state index contributed by atoms with van der Waals surface area (Å²) in [5.74, 6) is 0.657. The summed E-state index contributed by atoms with van der Waals surface area (Å²) >= 11 is 1.81. The van der Waals surface area contributed by atoms with Crippen molar-refractivity contribution >= 4 is 35.0 Å². The minimum atomic E-state index is -0.124. The fourth-order valence-corrected chi connectivity index (χ4v) is 4.43. The van der Waals surface area contributed by atoms with Crippen LogP contribution >= 0.6 is 11.8 Å². The van der Waals surface area contributed by atoms with Crippen LogP contribution < -0.4 is 19.9 Å². The van der Waals surface area contributed by atoms with Gasteiger partial charge in [-0.2, -0.15) is 0 Å². The van der Waals surface area contributed by atoms with E-state index < -0.39 is 0 Å². The van der Waals surface area contributed by atoms with E-state index in [9.17, 15) is 9.59 Å². The molecule has 6 nitrogen and oxygen atoms in total. The minimum absolute atomic E-state index is 0.0434. The van der Waals surface area contributed by atoms with Gasteiger partial charge in [0.2, 0.25) is 0 Å². The smallest absolute Gasteiger partial charge is 0.282 e. The zero-order valence-corrected chi connectivity index (χ0v) is 17.9. The van der Waals surface area contributed by atoms with E-state index in [4.69, 9.17) is 4.74 Å². The van der Waals surface area contributed by atoms with Gasteiger partial charge in [0.1, 0.15) is 5.75 Å². The summed E-state index contributed by atoms with van der Waals surface area (Å²) in [6, 6.07) is 15.2. The van der Waals surface area contributed by atoms with Gasteiger partial charge in [-0.1, -0.05) is 19.1 Å². The topological polar surface area (TPSA) is 63.1 Å². The lowest BCUT2D eigenvalue weighted by atomic mass is 10.2. The fraction of sp³-hybridized carbons (Fsp3) is 0.364. The standard InChI is InChI=1S/C22H27N3O3S/c1-16-12-13-25(19-6-4-5-7-20(19)29-16)22(27)15-24(2)14-21(26)23-17-8-10-18(28-3)11-9-17/h4-11,16H,12-15H2,1-3H3,(H,23,26)/p+1/t16-/m0/s1. The summed E-state index contributed by atoms with van der Waals surface area (Å²) in [6.07, 6.45) is 0.947. The van der Waals surface area contributed by atoms with E-state index in [2.05, 4.69) is 18.3 Å². The summed E-state index contributed by atoms with van der Waals surface area (Å²) in [7, 11) is 3.47. The van der Waals surface area contributed by atoms with Gasteiger partial charge >= 0.3 is 0 Å². The van der Waals surface area contributed by atoms with E-state index in [0.29, 0.717) is 17.5 Å². The number of thioether (sulfide) groups is 1. The number of carbonyl (C=O) groups is 2. The van der Waals surface area contributed by atoms with Gasteiger partial charge in [0, 0.05) is 22.4 Å². The van der Waals surface area contributed by atoms with Crippen molar-refractivity contribution in [2.24, 2.45) is 0 Å². The number of amides is 2. The van der Waals surface area contributed by atoms with Crippen LogP contribution in [-0.2, 0) is 9.59 Å². The number of hydrogen-bond acceptors (Lipinski definition) is 4. The molecule has 1 aliphatic rings. The Kier molecular flexibility index (Phi) is 7.17. The molecule has 0 saturated heterocycles. The molecule has 0 spiro atoms. The molecule has 1 unspecified atom stereocenters. The number of methoxy groups -OCH3 is 1. The van der Waals surface area contributed by atoms with Crippen molar-refractivity contribution in [1.29, 1.82) is 0 Å². The summed E-state index contributed by atoms with van der Waals surface area (Å²) in [5, 5.41) is 3.33. The number of rotatable bonds is 6. The number of carbonyl (C=O) groups excluding carboxylic acids is 2. The number of benzene rings is 2. The van der Waals surface area contributed by atoms with Gasteiger partial charge in [-0.15, -0.1) is 11.8 Å². The Balaban J connectivity index is 1.57. The van der Waals surface area contributed by atoms with Crippen LogP contribution in [0, 0.1) is 0 Å². The van der Waals surface area contributed by atoms with Gasteiger partial charge in [-0.3, -0.25) is 9.59 Å². The molecule has 29 heavy (non-hydrogen) atoms. The normalized spacial score (nSPS) is 17.1. The Labute approximate surface area is 176 Å². The highest BCUT2D eigenvalue weighted by Crippen LogP contribution is 2.37. The molecule has 0 aromatic heterocycles. The van der Waals surface area contributed by atoms with Crippen molar-refractivity contribution in [2.75, 3.05) is 44.0 Å². The van der Waals surface area contributed by atoms with Crippen LogP contribution in [-0.4, -0.2) is 50.9 Å². The number of likely N-dealkylation sites (N-methyl/N-ethyl adjacent to an activating group) is 1. The molecule has 2 atom stereocenters. The number of quaternary nitrogens is 1. The summed E-state index contributed by atoms with van der Waals surface area (Å²) in [5.41, 5.74) is 1.68. The molecular formula is C22H28N3O3S+. The molecule has 0 saturated carbocycles. The predicted molar refractivity (Wildman–Crippen MR) is 117 cm³/mol. The van der Waals surface area contributed by atoms with Crippen molar-refractivity contribution in [3.8, 4) is 5.75 Å². The number of anilines is 2. The molecule has 1 aliphatic heterocycles. The van der Waals surface area contributed by atoms with Crippen molar-refractivity contribution in [3.63, 3.8) is 0 Å². The van der Waals surface area contributed by atoms with Crippen LogP contribution in [0.15, 0.2) is 53.4 Å². The highest BCUT2D eigenvalue weighted by Gasteiger charge is 2.26. The first-order valence-electron chi connectivity index (χ1n) is 9.77. The molecule has 0 fully saturated rings. The summed E-state index contributed by atoms with van der Waals surface area (Å²) < 4.78 is 5.12. The zero-order valence-electron chi connectivity index (χ0n) is 17.1. The second kappa shape index (κ2) is 9.80. The number of hydrogen-bond donors (Lipinski definition) is 2. The SMILES string of the molecule is COc1ccc(NC(=O)C[NH+](C)CC(=O)N2CC[C@H](C)Sc3ccccc32)cc1. The third-order valence-corrected chi connectivity index (χ3v) is 6.07. The first-order valence-corrected chi connectivity index (χ1v) is 10.7. The molecule has 3 rings (SSSR count).